The number of hydrogen-bond acceptors (Lipinski definition) is 2. The molecule has 0 bridgehead atoms. The fourth-order valence-corrected chi connectivity index (χ4v) is 1.77. The molecule has 68 valence electrons. The first-order valence-corrected chi connectivity index (χ1v) is 4.75. The molecule has 1 aromatic rings. The second-order valence-electron chi connectivity index (χ2n) is 3.37. The average molecular weight is 196 g/mol. The zero-order valence-electron chi connectivity index (χ0n) is 7.43. The smallest absolute Gasteiger partial charge is 0.164 e. The van der Waals surface area contributed by atoms with Gasteiger partial charge in [0.05, 0.1) is 5.69 Å². The maximum absolute atomic E-state index is 11.5. The molecule has 0 saturated carbocycles. The van der Waals surface area contributed by atoms with Gasteiger partial charge in [0, 0.05) is 12.0 Å². The van der Waals surface area contributed by atoms with Gasteiger partial charge in [-0.15, -0.1) is 0 Å². The number of rotatable bonds is 0. The van der Waals surface area contributed by atoms with Crippen LogP contribution in [0.1, 0.15) is 34.5 Å². The van der Waals surface area contributed by atoms with E-state index >= 15 is 0 Å². The molecule has 0 fully saturated rings. The van der Waals surface area contributed by atoms with Crippen LogP contribution in [0.15, 0.2) is 6.07 Å². The Hall–Kier alpha value is -0.890. The Morgan fingerprint density at radius 3 is 3.00 bits per heavy atom. The third-order valence-corrected chi connectivity index (χ3v) is 2.73. The van der Waals surface area contributed by atoms with Crippen molar-refractivity contribution in [3.05, 3.63) is 28.0 Å². The molecule has 3 heteroatoms. The van der Waals surface area contributed by atoms with Gasteiger partial charge < -0.3 is 0 Å². The van der Waals surface area contributed by atoms with E-state index in [1.807, 2.05) is 13.0 Å². The molecule has 0 amide bonds. The summed E-state index contributed by atoms with van der Waals surface area (Å²) in [5.41, 5.74) is 2.52. The molecule has 13 heavy (non-hydrogen) atoms. The van der Waals surface area contributed by atoms with Crippen LogP contribution in [-0.4, -0.2) is 10.8 Å². The predicted molar refractivity (Wildman–Crippen MR) is 51.3 cm³/mol. The molecule has 2 rings (SSSR count). The molecule has 0 saturated heterocycles. The van der Waals surface area contributed by atoms with Crippen molar-refractivity contribution in [2.75, 3.05) is 0 Å². The molecular formula is C10H10ClNO. The van der Waals surface area contributed by atoms with Crippen molar-refractivity contribution >= 4 is 17.4 Å². The molecule has 1 aliphatic carbocycles. The number of carbonyl (C=O) groups is 1. The molecule has 0 spiro atoms. The van der Waals surface area contributed by atoms with Crippen LogP contribution in [-0.2, 0) is 6.42 Å². The van der Waals surface area contributed by atoms with Crippen LogP contribution in [0.2, 0.25) is 5.15 Å². The summed E-state index contributed by atoms with van der Waals surface area (Å²) in [7, 11) is 0. The number of nitrogens with zero attached hydrogens (tertiary/aromatic N) is 1. The van der Waals surface area contributed by atoms with Crippen LogP contribution in [0.4, 0.5) is 0 Å². The Bertz CT molecular complexity index is 373. The minimum Gasteiger partial charge on any atom is -0.294 e. The van der Waals surface area contributed by atoms with E-state index in [0.29, 0.717) is 11.6 Å². The lowest BCUT2D eigenvalue weighted by molar-refractivity contribution is 0.0971. The van der Waals surface area contributed by atoms with Gasteiger partial charge in [0.1, 0.15) is 5.15 Å². The SMILES string of the molecule is Cc1cc2c(nc1Cl)CCCC2=O. The lowest BCUT2D eigenvalue weighted by atomic mass is 9.94. The molecule has 0 radical (unpaired) electrons. The van der Waals surface area contributed by atoms with Crippen LogP contribution >= 0.6 is 11.6 Å². The van der Waals surface area contributed by atoms with E-state index < -0.39 is 0 Å². The van der Waals surface area contributed by atoms with Crippen molar-refractivity contribution in [1.82, 2.24) is 4.98 Å². The average Bonchev–Trinajstić information content (AvgIpc) is 2.09. The number of ketones is 1. The van der Waals surface area contributed by atoms with Gasteiger partial charge in [0.2, 0.25) is 0 Å². The molecule has 0 unspecified atom stereocenters. The summed E-state index contributed by atoms with van der Waals surface area (Å²) in [5, 5.41) is 0.522. The number of hydrogen-bond donors (Lipinski definition) is 0. The summed E-state index contributed by atoms with van der Waals surface area (Å²) in [6.45, 7) is 1.87. The van der Waals surface area contributed by atoms with Crippen LogP contribution in [0.5, 0.6) is 0 Å². The first kappa shape index (κ1) is 8.70. The quantitative estimate of drug-likeness (QED) is 0.596. The number of aromatic nitrogens is 1. The Balaban J connectivity index is 2.58. The molecule has 0 N–H and O–H groups in total. The van der Waals surface area contributed by atoms with Gasteiger partial charge in [-0.3, -0.25) is 4.79 Å². The van der Waals surface area contributed by atoms with Crippen molar-refractivity contribution in [3.8, 4) is 0 Å². The zero-order valence-corrected chi connectivity index (χ0v) is 8.19. The summed E-state index contributed by atoms with van der Waals surface area (Å²) in [4.78, 5) is 15.7. The van der Waals surface area contributed by atoms with E-state index in [9.17, 15) is 4.79 Å². The summed E-state index contributed by atoms with van der Waals surface area (Å²) in [6, 6.07) is 1.85. The van der Waals surface area contributed by atoms with E-state index in [1.165, 1.54) is 0 Å². The van der Waals surface area contributed by atoms with Gasteiger partial charge in [0.15, 0.2) is 5.78 Å². The van der Waals surface area contributed by atoms with Crippen molar-refractivity contribution in [3.63, 3.8) is 0 Å². The normalized spacial score (nSPS) is 15.7. The third-order valence-electron chi connectivity index (χ3n) is 2.35. The van der Waals surface area contributed by atoms with Crippen molar-refractivity contribution < 1.29 is 4.79 Å². The number of pyridine rings is 1. The van der Waals surface area contributed by atoms with E-state index in [0.717, 1.165) is 29.7 Å². The highest BCUT2D eigenvalue weighted by Crippen LogP contribution is 2.23. The second kappa shape index (κ2) is 3.11. The van der Waals surface area contributed by atoms with Crippen molar-refractivity contribution in [1.29, 1.82) is 0 Å². The fourth-order valence-electron chi connectivity index (χ4n) is 1.61. The Morgan fingerprint density at radius 1 is 1.46 bits per heavy atom. The highest BCUT2D eigenvalue weighted by Gasteiger charge is 2.19. The van der Waals surface area contributed by atoms with Crippen molar-refractivity contribution in [2.45, 2.75) is 26.2 Å². The van der Waals surface area contributed by atoms with Gasteiger partial charge in [-0.25, -0.2) is 4.98 Å². The first-order valence-electron chi connectivity index (χ1n) is 4.37. The van der Waals surface area contributed by atoms with Crippen molar-refractivity contribution in [2.24, 2.45) is 0 Å². The largest absolute Gasteiger partial charge is 0.294 e. The first-order chi connectivity index (χ1) is 6.18. The second-order valence-corrected chi connectivity index (χ2v) is 3.73. The van der Waals surface area contributed by atoms with Crippen LogP contribution in [0.3, 0.4) is 0 Å². The number of Topliss-reactive ketones (excluding diaryl/α,β-unsaturated/α-hetero) is 1. The molecular weight excluding hydrogens is 186 g/mol. The van der Waals surface area contributed by atoms with Crippen LogP contribution in [0.25, 0.3) is 0 Å². The van der Waals surface area contributed by atoms with E-state index in [-0.39, 0.29) is 5.78 Å². The Morgan fingerprint density at radius 2 is 2.23 bits per heavy atom. The molecule has 0 atom stereocenters. The lowest BCUT2D eigenvalue weighted by Gasteiger charge is -2.14. The summed E-state index contributed by atoms with van der Waals surface area (Å²) >= 11 is 5.87. The molecule has 2 nitrogen and oxygen atoms in total. The Labute approximate surface area is 81.9 Å². The van der Waals surface area contributed by atoms with E-state index in [1.54, 1.807) is 0 Å². The Kier molecular flexibility index (Phi) is 2.08. The van der Waals surface area contributed by atoms with Gasteiger partial charge in [-0.05, 0) is 31.4 Å². The highest BCUT2D eigenvalue weighted by atomic mass is 35.5. The minimum absolute atomic E-state index is 0.202. The lowest BCUT2D eigenvalue weighted by Crippen LogP contribution is -2.13. The maximum atomic E-state index is 11.5. The summed E-state index contributed by atoms with van der Waals surface area (Å²) < 4.78 is 0. The maximum Gasteiger partial charge on any atom is 0.164 e. The van der Waals surface area contributed by atoms with Gasteiger partial charge in [0.25, 0.3) is 0 Å². The van der Waals surface area contributed by atoms with Gasteiger partial charge in [-0.2, -0.15) is 0 Å². The van der Waals surface area contributed by atoms with E-state index in [2.05, 4.69) is 4.98 Å². The van der Waals surface area contributed by atoms with Crippen LogP contribution < -0.4 is 0 Å². The highest BCUT2D eigenvalue weighted by molar-refractivity contribution is 6.30. The van der Waals surface area contributed by atoms with Gasteiger partial charge >= 0.3 is 0 Å². The van der Waals surface area contributed by atoms with Gasteiger partial charge in [-0.1, -0.05) is 11.6 Å². The molecule has 1 heterocycles. The monoisotopic (exact) mass is 195 g/mol. The number of aryl methyl sites for hydroxylation is 2. The molecule has 1 aromatic heterocycles. The number of carbonyl (C=O) groups excluding carboxylic acids is 1. The third kappa shape index (κ3) is 1.46. The molecule has 0 aliphatic heterocycles. The van der Waals surface area contributed by atoms with E-state index in [4.69, 9.17) is 11.6 Å². The number of halogens is 1. The zero-order chi connectivity index (χ0) is 9.42. The molecule has 1 aliphatic rings. The fraction of sp³-hybridized carbons (Fsp3) is 0.400. The predicted octanol–water partition coefficient (Wildman–Crippen LogP) is 2.56. The minimum atomic E-state index is 0.202. The standard InChI is InChI=1S/C10H10ClNO/c1-6-5-7-8(12-10(6)11)3-2-4-9(7)13/h5H,2-4H2,1H3. The summed E-state index contributed by atoms with van der Waals surface area (Å²) in [6.07, 6.45) is 2.43. The topological polar surface area (TPSA) is 30.0 Å². The van der Waals surface area contributed by atoms with Crippen LogP contribution in [0, 0.1) is 6.92 Å². The summed E-state index contributed by atoms with van der Waals surface area (Å²) in [5.74, 6) is 0.202. The molecule has 0 aromatic carbocycles. The number of fused-ring (bicyclic) bond motifs is 1.